The average molecular weight is 318 g/mol. The largest absolute Gasteiger partial charge is 0.488 e. The third-order valence-corrected chi connectivity index (χ3v) is 3.98. The van der Waals surface area contributed by atoms with Gasteiger partial charge >= 0.3 is 0 Å². The van der Waals surface area contributed by atoms with E-state index in [1.165, 1.54) is 0 Å². The van der Waals surface area contributed by atoms with Crippen LogP contribution in [0.15, 0.2) is 48.5 Å². The molecule has 0 aliphatic carbocycles. The number of carbonyl (C=O) groups is 1. The molecule has 0 radical (unpaired) electrons. The molecule has 1 saturated heterocycles. The first-order chi connectivity index (χ1) is 10.6. The number of likely N-dealkylation sites (tertiary alicyclic amines) is 1. The Morgan fingerprint density at radius 1 is 1.18 bits per heavy atom. The van der Waals surface area contributed by atoms with Crippen molar-refractivity contribution in [3.63, 3.8) is 0 Å². The van der Waals surface area contributed by atoms with Gasteiger partial charge in [-0.3, -0.25) is 4.79 Å². The van der Waals surface area contributed by atoms with E-state index < -0.39 is 6.10 Å². The van der Waals surface area contributed by atoms with Crippen LogP contribution in [0.1, 0.15) is 15.9 Å². The lowest BCUT2D eigenvalue weighted by molar-refractivity contribution is 0.00563. The van der Waals surface area contributed by atoms with Crippen LogP contribution in [0, 0.1) is 0 Å². The first-order valence-electron chi connectivity index (χ1n) is 7.07. The van der Waals surface area contributed by atoms with Crippen molar-refractivity contribution in [3.8, 4) is 5.75 Å². The molecule has 1 aliphatic heterocycles. The fraction of sp³-hybridized carbons (Fsp3) is 0.235. The van der Waals surface area contributed by atoms with Crippen molar-refractivity contribution < 1.29 is 14.6 Å². The predicted octanol–water partition coefficient (Wildman–Crippen LogP) is 2.74. The number of carbonyl (C=O) groups excluding carboxylic acids is 1. The first-order valence-corrected chi connectivity index (χ1v) is 7.45. The molecule has 0 atom stereocenters. The average Bonchev–Trinajstić information content (AvgIpc) is 2.51. The molecule has 2 aromatic carbocycles. The summed E-state index contributed by atoms with van der Waals surface area (Å²) in [6, 6.07) is 14.6. The van der Waals surface area contributed by atoms with Crippen molar-refractivity contribution >= 4 is 17.5 Å². The highest BCUT2D eigenvalue weighted by atomic mass is 35.5. The Morgan fingerprint density at radius 2 is 1.86 bits per heavy atom. The number of β-amino-alcohol motifs (C(OH)–C–C–N with tert-alkyl or cyclic N) is 1. The van der Waals surface area contributed by atoms with Crippen LogP contribution >= 0.6 is 11.6 Å². The molecule has 1 fully saturated rings. The van der Waals surface area contributed by atoms with Crippen LogP contribution in [0.2, 0.25) is 5.02 Å². The van der Waals surface area contributed by atoms with Gasteiger partial charge in [-0.05, 0) is 18.2 Å². The van der Waals surface area contributed by atoms with Crippen LogP contribution < -0.4 is 4.74 Å². The van der Waals surface area contributed by atoms with E-state index in [4.69, 9.17) is 16.3 Å². The molecule has 0 spiro atoms. The zero-order chi connectivity index (χ0) is 15.5. The minimum Gasteiger partial charge on any atom is -0.488 e. The van der Waals surface area contributed by atoms with Gasteiger partial charge in [0.05, 0.1) is 11.7 Å². The van der Waals surface area contributed by atoms with E-state index in [1.54, 1.807) is 29.2 Å². The van der Waals surface area contributed by atoms with Crippen LogP contribution in [0.4, 0.5) is 0 Å². The van der Waals surface area contributed by atoms with Crippen molar-refractivity contribution in [2.75, 3.05) is 13.1 Å². The summed E-state index contributed by atoms with van der Waals surface area (Å²) < 4.78 is 5.78. The van der Waals surface area contributed by atoms with Crippen LogP contribution in [0.25, 0.3) is 0 Å². The Morgan fingerprint density at radius 3 is 2.59 bits per heavy atom. The Labute approximate surface area is 133 Å². The fourth-order valence-corrected chi connectivity index (χ4v) is 2.52. The van der Waals surface area contributed by atoms with Crippen molar-refractivity contribution in [1.82, 2.24) is 4.90 Å². The maximum absolute atomic E-state index is 12.4. The third-order valence-electron chi connectivity index (χ3n) is 3.61. The van der Waals surface area contributed by atoms with Crippen LogP contribution in [-0.2, 0) is 6.61 Å². The number of hydrogen-bond acceptors (Lipinski definition) is 3. The molecule has 1 heterocycles. The van der Waals surface area contributed by atoms with Gasteiger partial charge in [-0.25, -0.2) is 0 Å². The maximum atomic E-state index is 12.4. The van der Waals surface area contributed by atoms with Gasteiger partial charge in [0.1, 0.15) is 12.4 Å². The number of nitrogens with zero attached hydrogens (tertiary/aromatic N) is 1. The normalized spacial score (nSPS) is 14.5. The zero-order valence-electron chi connectivity index (χ0n) is 11.9. The van der Waals surface area contributed by atoms with Crippen molar-refractivity contribution in [2.45, 2.75) is 12.7 Å². The Bertz CT molecular complexity index is 683. The predicted molar refractivity (Wildman–Crippen MR) is 84.1 cm³/mol. The van der Waals surface area contributed by atoms with E-state index in [1.807, 2.05) is 24.3 Å². The maximum Gasteiger partial charge on any atom is 0.257 e. The SMILES string of the molecule is O=C(c1ccccc1OCc1ccccc1Cl)N1CC(O)C1. The number of para-hydroxylation sites is 1. The lowest BCUT2D eigenvalue weighted by Crippen LogP contribution is -2.53. The smallest absolute Gasteiger partial charge is 0.257 e. The number of aliphatic hydroxyl groups excluding tert-OH is 1. The zero-order valence-corrected chi connectivity index (χ0v) is 12.7. The lowest BCUT2D eigenvalue weighted by atomic mass is 10.1. The molecule has 114 valence electrons. The Hall–Kier alpha value is -2.04. The summed E-state index contributed by atoms with van der Waals surface area (Å²) in [5.41, 5.74) is 1.37. The molecule has 22 heavy (non-hydrogen) atoms. The van der Waals surface area contributed by atoms with E-state index in [0.717, 1.165) is 5.56 Å². The highest BCUT2D eigenvalue weighted by Gasteiger charge is 2.30. The number of ether oxygens (including phenoxy) is 1. The van der Waals surface area contributed by atoms with E-state index in [0.29, 0.717) is 36.0 Å². The summed E-state index contributed by atoms with van der Waals surface area (Å²) in [6.07, 6.45) is -0.417. The molecule has 1 N–H and O–H groups in total. The molecule has 0 saturated carbocycles. The van der Waals surface area contributed by atoms with Gasteiger partial charge in [-0.1, -0.05) is 41.9 Å². The molecule has 0 unspecified atom stereocenters. The Kier molecular flexibility index (Phi) is 4.32. The number of hydrogen-bond donors (Lipinski definition) is 1. The molecule has 1 amide bonds. The quantitative estimate of drug-likeness (QED) is 0.943. The van der Waals surface area contributed by atoms with Gasteiger partial charge in [-0.15, -0.1) is 0 Å². The summed E-state index contributed by atoms with van der Waals surface area (Å²) in [5.74, 6) is 0.397. The van der Waals surface area contributed by atoms with Crippen molar-refractivity contribution in [1.29, 1.82) is 0 Å². The van der Waals surface area contributed by atoms with Gasteiger partial charge in [0.2, 0.25) is 0 Å². The second-order valence-corrected chi connectivity index (χ2v) is 5.65. The van der Waals surface area contributed by atoms with Gasteiger partial charge in [0, 0.05) is 23.7 Å². The summed E-state index contributed by atoms with van der Waals surface area (Å²) >= 11 is 6.11. The molecular formula is C17H16ClNO3. The summed E-state index contributed by atoms with van der Waals surface area (Å²) in [7, 11) is 0. The highest BCUT2D eigenvalue weighted by Crippen LogP contribution is 2.24. The van der Waals surface area contributed by atoms with Crippen LogP contribution in [0.5, 0.6) is 5.75 Å². The Balaban J connectivity index is 1.74. The van der Waals surface area contributed by atoms with E-state index >= 15 is 0 Å². The molecule has 3 rings (SSSR count). The van der Waals surface area contributed by atoms with E-state index in [-0.39, 0.29) is 5.91 Å². The number of aliphatic hydroxyl groups is 1. The third kappa shape index (κ3) is 3.08. The monoisotopic (exact) mass is 317 g/mol. The van der Waals surface area contributed by atoms with Gasteiger partial charge in [0.25, 0.3) is 5.91 Å². The number of amides is 1. The van der Waals surface area contributed by atoms with Crippen LogP contribution in [-0.4, -0.2) is 35.1 Å². The minimum absolute atomic E-state index is 0.125. The molecule has 1 aliphatic rings. The molecule has 0 bridgehead atoms. The number of halogens is 1. The van der Waals surface area contributed by atoms with Crippen molar-refractivity contribution in [3.05, 3.63) is 64.7 Å². The van der Waals surface area contributed by atoms with Gasteiger partial charge in [0.15, 0.2) is 0 Å². The highest BCUT2D eigenvalue weighted by molar-refractivity contribution is 6.31. The second-order valence-electron chi connectivity index (χ2n) is 5.24. The molecule has 5 heteroatoms. The first kappa shape index (κ1) is 14.9. The van der Waals surface area contributed by atoms with Gasteiger partial charge in [-0.2, -0.15) is 0 Å². The molecule has 4 nitrogen and oxygen atoms in total. The number of rotatable bonds is 4. The minimum atomic E-state index is -0.417. The fourth-order valence-electron chi connectivity index (χ4n) is 2.33. The van der Waals surface area contributed by atoms with E-state index in [9.17, 15) is 9.90 Å². The summed E-state index contributed by atoms with van der Waals surface area (Å²) in [4.78, 5) is 14.0. The lowest BCUT2D eigenvalue weighted by Gasteiger charge is -2.36. The van der Waals surface area contributed by atoms with Gasteiger partial charge < -0.3 is 14.7 Å². The van der Waals surface area contributed by atoms with Crippen LogP contribution in [0.3, 0.4) is 0 Å². The standard InChI is InChI=1S/C17H16ClNO3/c18-15-7-3-1-5-12(15)11-22-16-8-4-2-6-14(16)17(21)19-9-13(20)10-19/h1-8,13,20H,9-11H2. The molecule has 2 aromatic rings. The summed E-state index contributed by atoms with van der Waals surface area (Å²) in [6.45, 7) is 1.04. The molecule has 0 aromatic heterocycles. The second kappa shape index (κ2) is 6.38. The number of benzene rings is 2. The molecular weight excluding hydrogens is 302 g/mol. The topological polar surface area (TPSA) is 49.8 Å². The van der Waals surface area contributed by atoms with Crippen molar-refractivity contribution in [2.24, 2.45) is 0 Å². The summed E-state index contributed by atoms with van der Waals surface area (Å²) in [5, 5.41) is 9.96. The van der Waals surface area contributed by atoms with E-state index in [2.05, 4.69) is 0 Å².